The predicted molar refractivity (Wildman–Crippen MR) is 71.2 cm³/mol. The van der Waals surface area contributed by atoms with Crippen LogP contribution in [0.2, 0.25) is 0 Å². The molecule has 2 nitrogen and oxygen atoms in total. The SMILES string of the molecule is Cc1cc(C)c(C)c(C(=O)CCOCC(F)(F)F)c1C. The van der Waals surface area contributed by atoms with E-state index in [-0.39, 0.29) is 18.8 Å². The Bertz CT molecular complexity index is 479. The van der Waals surface area contributed by atoms with Crippen LogP contribution >= 0.6 is 0 Å². The third kappa shape index (κ3) is 4.34. The van der Waals surface area contributed by atoms with Gasteiger partial charge in [0.1, 0.15) is 6.61 Å². The summed E-state index contributed by atoms with van der Waals surface area (Å²) in [4.78, 5) is 12.2. The van der Waals surface area contributed by atoms with E-state index in [2.05, 4.69) is 4.74 Å². The molecule has 112 valence electrons. The number of hydrogen-bond donors (Lipinski definition) is 0. The number of carbonyl (C=O) groups is 1. The molecule has 0 saturated carbocycles. The number of halogens is 3. The van der Waals surface area contributed by atoms with Crippen molar-refractivity contribution in [3.63, 3.8) is 0 Å². The molecule has 0 atom stereocenters. The Kier molecular flexibility index (Phi) is 5.34. The van der Waals surface area contributed by atoms with E-state index < -0.39 is 12.8 Å². The van der Waals surface area contributed by atoms with E-state index in [1.165, 1.54) is 0 Å². The Hall–Kier alpha value is -1.36. The van der Waals surface area contributed by atoms with Gasteiger partial charge in [-0.2, -0.15) is 13.2 Å². The lowest BCUT2D eigenvalue weighted by Gasteiger charge is -2.14. The maximum absolute atomic E-state index is 12.2. The summed E-state index contributed by atoms with van der Waals surface area (Å²) in [7, 11) is 0. The molecule has 0 bridgehead atoms. The summed E-state index contributed by atoms with van der Waals surface area (Å²) in [5, 5.41) is 0. The average molecular weight is 288 g/mol. The van der Waals surface area contributed by atoms with Crippen LogP contribution in [0.25, 0.3) is 0 Å². The monoisotopic (exact) mass is 288 g/mol. The number of hydrogen-bond acceptors (Lipinski definition) is 2. The highest BCUT2D eigenvalue weighted by molar-refractivity contribution is 5.99. The van der Waals surface area contributed by atoms with Gasteiger partial charge in [0.2, 0.25) is 0 Å². The maximum Gasteiger partial charge on any atom is 0.411 e. The van der Waals surface area contributed by atoms with E-state index in [1.54, 1.807) is 0 Å². The van der Waals surface area contributed by atoms with Crippen LogP contribution in [0.1, 0.15) is 39.0 Å². The van der Waals surface area contributed by atoms with E-state index in [0.717, 1.165) is 22.3 Å². The molecule has 0 amide bonds. The fourth-order valence-electron chi connectivity index (χ4n) is 2.11. The molecule has 1 rings (SSSR count). The minimum absolute atomic E-state index is 0.0410. The smallest absolute Gasteiger partial charge is 0.372 e. The molecule has 1 aromatic carbocycles. The first kappa shape index (κ1) is 16.7. The zero-order chi connectivity index (χ0) is 15.5. The summed E-state index contributed by atoms with van der Waals surface area (Å²) < 4.78 is 40.3. The third-order valence-electron chi connectivity index (χ3n) is 3.38. The van der Waals surface area contributed by atoms with Crippen molar-refractivity contribution in [1.29, 1.82) is 0 Å². The van der Waals surface area contributed by atoms with Crippen LogP contribution in [0.3, 0.4) is 0 Å². The van der Waals surface area contributed by atoms with Gasteiger partial charge in [0.05, 0.1) is 6.61 Å². The normalized spacial score (nSPS) is 11.8. The van der Waals surface area contributed by atoms with Gasteiger partial charge in [0.25, 0.3) is 0 Å². The van der Waals surface area contributed by atoms with E-state index in [9.17, 15) is 18.0 Å². The molecule has 20 heavy (non-hydrogen) atoms. The summed E-state index contributed by atoms with van der Waals surface area (Å²) in [6.45, 7) is 6.00. The Balaban J connectivity index is 2.74. The van der Waals surface area contributed by atoms with Crippen molar-refractivity contribution in [2.45, 2.75) is 40.3 Å². The van der Waals surface area contributed by atoms with Gasteiger partial charge in [-0.15, -0.1) is 0 Å². The quantitative estimate of drug-likeness (QED) is 0.603. The van der Waals surface area contributed by atoms with Crippen molar-refractivity contribution >= 4 is 5.78 Å². The van der Waals surface area contributed by atoms with E-state index in [0.29, 0.717) is 5.56 Å². The highest BCUT2D eigenvalue weighted by Crippen LogP contribution is 2.23. The van der Waals surface area contributed by atoms with Gasteiger partial charge < -0.3 is 4.74 Å². The molecular weight excluding hydrogens is 269 g/mol. The van der Waals surface area contributed by atoms with Crippen LogP contribution in [-0.2, 0) is 4.74 Å². The Labute approximate surface area is 116 Å². The van der Waals surface area contributed by atoms with Crippen molar-refractivity contribution < 1.29 is 22.7 Å². The molecular formula is C15H19F3O2. The fourth-order valence-corrected chi connectivity index (χ4v) is 2.11. The molecule has 1 aromatic rings. The van der Waals surface area contributed by atoms with Crippen LogP contribution < -0.4 is 0 Å². The van der Waals surface area contributed by atoms with Crippen LogP contribution in [0, 0.1) is 27.7 Å². The lowest BCUT2D eigenvalue weighted by molar-refractivity contribution is -0.173. The number of Topliss-reactive ketones (excluding diaryl/α,β-unsaturated/α-hetero) is 1. The first-order valence-electron chi connectivity index (χ1n) is 6.38. The second-order valence-electron chi connectivity index (χ2n) is 4.98. The minimum atomic E-state index is -4.35. The standard InChI is InChI=1S/C15H19F3O2/c1-9-7-10(2)12(4)14(11(9)3)13(19)5-6-20-8-15(16,17)18/h7H,5-6,8H2,1-4H3. The molecule has 0 aromatic heterocycles. The summed E-state index contributed by atoms with van der Waals surface area (Å²) in [5.41, 5.74) is 4.39. The first-order valence-corrected chi connectivity index (χ1v) is 6.38. The van der Waals surface area contributed by atoms with Gasteiger partial charge in [0.15, 0.2) is 5.78 Å². The van der Waals surface area contributed by atoms with Crippen molar-refractivity contribution in [3.8, 4) is 0 Å². The molecule has 0 heterocycles. The zero-order valence-electron chi connectivity index (χ0n) is 12.1. The van der Waals surface area contributed by atoms with Gasteiger partial charge in [-0.1, -0.05) is 6.07 Å². The van der Waals surface area contributed by atoms with Gasteiger partial charge in [-0.3, -0.25) is 4.79 Å². The highest BCUT2D eigenvalue weighted by Gasteiger charge is 2.27. The Morgan fingerprint density at radius 2 is 1.60 bits per heavy atom. The van der Waals surface area contributed by atoms with Crippen LogP contribution in [0.5, 0.6) is 0 Å². The zero-order valence-corrected chi connectivity index (χ0v) is 12.1. The molecule has 0 aliphatic heterocycles. The molecule has 0 unspecified atom stereocenters. The molecule has 0 radical (unpaired) electrons. The lowest BCUT2D eigenvalue weighted by Crippen LogP contribution is -2.19. The highest BCUT2D eigenvalue weighted by atomic mass is 19.4. The second kappa shape index (κ2) is 6.39. The van der Waals surface area contributed by atoms with E-state index >= 15 is 0 Å². The van der Waals surface area contributed by atoms with Gasteiger partial charge >= 0.3 is 6.18 Å². The molecule has 0 fully saturated rings. The lowest BCUT2D eigenvalue weighted by atomic mass is 9.91. The molecule has 0 aliphatic rings. The summed E-state index contributed by atoms with van der Waals surface area (Å²) in [6.07, 6.45) is -4.39. The minimum Gasteiger partial charge on any atom is -0.372 e. The fraction of sp³-hybridized carbons (Fsp3) is 0.533. The topological polar surface area (TPSA) is 26.3 Å². The molecule has 0 aliphatic carbocycles. The van der Waals surface area contributed by atoms with Crippen LogP contribution in [-0.4, -0.2) is 25.2 Å². The Morgan fingerprint density at radius 1 is 1.10 bits per heavy atom. The number of rotatable bonds is 5. The number of aryl methyl sites for hydroxylation is 2. The summed E-state index contributed by atoms with van der Waals surface area (Å²) in [6, 6.07) is 2.00. The largest absolute Gasteiger partial charge is 0.411 e. The van der Waals surface area contributed by atoms with E-state index in [1.807, 2.05) is 33.8 Å². The first-order chi connectivity index (χ1) is 9.13. The number of ether oxygens (including phenoxy) is 1. The van der Waals surface area contributed by atoms with Crippen molar-refractivity contribution in [3.05, 3.63) is 33.9 Å². The van der Waals surface area contributed by atoms with Crippen molar-refractivity contribution in [2.75, 3.05) is 13.2 Å². The van der Waals surface area contributed by atoms with Gasteiger partial charge in [-0.25, -0.2) is 0 Å². The second-order valence-corrected chi connectivity index (χ2v) is 4.98. The Morgan fingerprint density at radius 3 is 2.05 bits per heavy atom. The van der Waals surface area contributed by atoms with Crippen LogP contribution in [0.15, 0.2) is 6.07 Å². The van der Waals surface area contributed by atoms with Gasteiger partial charge in [-0.05, 0) is 49.9 Å². The molecule has 0 spiro atoms. The van der Waals surface area contributed by atoms with E-state index in [4.69, 9.17) is 0 Å². The maximum atomic E-state index is 12.2. The summed E-state index contributed by atoms with van der Waals surface area (Å²) in [5.74, 6) is -0.172. The molecule has 0 saturated heterocycles. The average Bonchev–Trinajstić information content (AvgIpc) is 2.31. The van der Waals surface area contributed by atoms with Gasteiger partial charge in [0, 0.05) is 12.0 Å². The number of alkyl halides is 3. The van der Waals surface area contributed by atoms with Crippen LogP contribution in [0.4, 0.5) is 13.2 Å². The molecule has 5 heteroatoms. The molecule has 0 N–H and O–H groups in total. The van der Waals surface area contributed by atoms with Crippen molar-refractivity contribution in [1.82, 2.24) is 0 Å². The number of carbonyl (C=O) groups excluding carboxylic acids is 1. The number of ketones is 1. The third-order valence-corrected chi connectivity index (χ3v) is 3.38. The summed E-state index contributed by atoms with van der Waals surface area (Å²) >= 11 is 0. The predicted octanol–water partition coefficient (Wildman–Crippen LogP) is 4.07. The number of benzene rings is 1. The van der Waals surface area contributed by atoms with Crippen molar-refractivity contribution in [2.24, 2.45) is 0 Å².